The molecule has 1 aromatic rings. The van der Waals surface area contributed by atoms with Crippen molar-refractivity contribution in [3.63, 3.8) is 0 Å². The first-order valence-corrected chi connectivity index (χ1v) is 4.08. The molecule has 0 aromatic heterocycles. The van der Waals surface area contributed by atoms with E-state index in [2.05, 4.69) is 28.6 Å². The van der Waals surface area contributed by atoms with Gasteiger partial charge in [0.2, 0.25) is 0 Å². The number of rotatable bonds is 1. The van der Waals surface area contributed by atoms with Gasteiger partial charge in [0, 0.05) is 4.47 Å². The molecule has 0 saturated heterocycles. The van der Waals surface area contributed by atoms with E-state index in [9.17, 15) is 4.39 Å². The Morgan fingerprint density at radius 3 is 2.20 bits per heavy atom. The van der Waals surface area contributed by atoms with Gasteiger partial charge >= 0.3 is 0 Å². The smallest absolute Gasteiger partial charge is 0.168 e. The molecule has 0 nitrogen and oxygen atoms in total. The third kappa shape index (κ3) is 1.99. The zero-order valence-electron chi connectivity index (χ0n) is 5.09. The minimum atomic E-state index is -1.17. The molecule has 0 amide bonds. The molecular formula is C7H6BrFS. The molecular weight excluding hydrogens is 215 g/mol. The minimum Gasteiger partial charge on any atom is -0.231 e. The summed E-state index contributed by atoms with van der Waals surface area (Å²) in [4.78, 5) is 0. The second-order valence-electron chi connectivity index (χ2n) is 1.89. The van der Waals surface area contributed by atoms with Crippen LogP contribution in [0.15, 0.2) is 28.7 Å². The summed E-state index contributed by atoms with van der Waals surface area (Å²) in [6.45, 7) is 0. The lowest BCUT2D eigenvalue weighted by Gasteiger charge is -1.99. The van der Waals surface area contributed by atoms with Crippen LogP contribution in [0.2, 0.25) is 0 Å². The molecule has 0 heterocycles. The average molecular weight is 221 g/mol. The topological polar surface area (TPSA) is 0 Å². The van der Waals surface area contributed by atoms with Crippen LogP contribution in [-0.4, -0.2) is 0 Å². The SMILES string of the molecule is FC(S)c1ccc(Br)cc1. The zero-order chi connectivity index (χ0) is 7.56. The predicted octanol–water partition coefficient (Wildman–Crippen LogP) is 3.35. The second-order valence-corrected chi connectivity index (χ2v) is 3.26. The van der Waals surface area contributed by atoms with Gasteiger partial charge in [0.05, 0.1) is 0 Å². The van der Waals surface area contributed by atoms with Gasteiger partial charge in [0.25, 0.3) is 0 Å². The third-order valence-corrected chi connectivity index (χ3v) is 1.97. The number of hydrogen-bond acceptors (Lipinski definition) is 1. The van der Waals surface area contributed by atoms with Crippen LogP contribution in [0.4, 0.5) is 4.39 Å². The number of halogens is 2. The van der Waals surface area contributed by atoms with Gasteiger partial charge in [-0.15, -0.1) is 12.6 Å². The van der Waals surface area contributed by atoms with Gasteiger partial charge in [-0.2, -0.15) is 0 Å². The first kappa shape index (κ1) is 8.08. The summed E-state index contributed by atoms with van der Waals surface area (Å²) in [6.07, 6.45) is 0. The van der Waals surface area contributed by atoms with Crippen LogP contribution in [0.5, 0.6) is 0 Å². The van der Waals surface area contributed by atoms with E-state index < -0.39 is 5.50 Å². The minimum absolute atomic E-state index is 0.589. The van der Waals surface area contributed by atoms with Crippen molar-refractivity contribution >= 4 is 28.6 Å². The molecule has 10 heavy (non-hydrogen) atoms. The molecule has 0 radical (unpaired) electrons. The lowest BCUT2D eigenvalue weighted by molar-refractivity contribution is 0.473. The highest BCUT2D eigenvalue weighted by atomic mass is 79.9. The van der Waals surface area contributed by atoms with Crippen LogP contribution in [0.25, 0.3) is 0 Å². The maximum atomic E-state index is 12.4. The van der Waals surface area contributed by atoms with Crippen molar-refractivity contribution in [2.75, 3.05) is 0 Å². The fourth-order valence-corrected chi connectivity index (χ4v) is 1.06. The normalized spacial score (nSPS) is 13.1. The molecule has 1 unspecified atom stereocenters. The number of hydrogen-bond donors (Lipinski definition) is 1. The van der Waals surface area contributed by atoms with Gasteiger partial charge < -0.3 is 0 Å². The van der Waals surface area contributed by atoms with Crippen molar-refractivity contribution in [1.29, 1.82) is 0 Å². The fourth-order valence-electron chi connectivity index (χ4n) is 0.622. The predicted molar refractivity (Wildman–Crippen MR) is 47.0 cm³/mol. The highest BCUT2D eigenvalue weighted by Crippen LogP contribution is 2.22. The summed E-state index contributed by atoms with van der Waals surface area (Å²) in [5, 5.41) is 0. The Hall–Kier alpha value is -0.0200. The Morgan fingerprint density at radius 2 is 1.80 bits per heavy atom. The highest BCUT2D eigenvalue weighted by Gasteiger charge is 2.00. The summed E-state index contributed by atoms with van der Waals surface area (Å²) in [6, 6.07) is 6.97. The molecule has 0 aliphatic carbocycles. The molecule has 0 N–H and O–H groups in total. The Balaban J connectivity index is 2.89. The van der Waals surface area contributed by atoms with Gasteiger partial charge in [-0.25, -0.2) is 4.39 Å². The number of thiol groups is 1. The Bertz CT molecular complexity index is 207. The summed E-state index contributed by atoms with van der Waals surface area (Å²) in [7, 11) is 0. The zero-order valence-corrected chi connectivity index (χ0v) is 7.57. The van der Waals surface area contributed by atoms with Gasteiger partial charge in [0.1, 0.15) is 0 Å². The van der Waals surface area contributed by atoms with Gasteiger partial charge in [-0.05, 0) is 17.7 Å². The van der Waals surface area contributed by atoms with E-state index >= 15 is 0 Å². The molecule has 0 fully saturated rings. The number of alkyl halides is 1. The van der Waals surface area contributed by atoms with E-state index in [0.29, 0.717) is 5.56 Å². The van der Waals surface area contributed by atoms with Gasteiger partial charge in [-0.1, -0.05) is 28.1 Å². The standard InChI is InChI=1S/C7H6BrFS/c8-6-3-1-5(2-4-6)7(9)10/h1-4,7,10H. The number of benzene rings is 1. The molecule has 1 rings (SSSR count). The molecule has 1 aromatic carbocycles. The van der Waals surface area contributed by atoms with Crippen LogP contribution in [-0.2, 0) is 0 Å². The van der Waals surface area contributed by atoms with Gasteiger partial charge in [-0.3, -0.25) is 0 Å². The van der Waals surface area contributed by atoms with Crippen molar-refractivity contribution in [1.82, 2.24) is 0 Å². The van der Waals surface area contributed by atoms with Crippen LogP contribution >= 0.6 is 28.6 Å². The Labute approximate surface area is 73.0 Å². The molecule has 1 atom stereocenters. The fraction of sp³-hybridized carbons (Fsp3) is 0.143. The Kier molecular flexibility index (Phi) is 2.74. The Morgan fingerprint density at radius 1 is 1.30 bits per heavy atom. The molecule has 0 spiro atoms. The third-order valence-electron chi connectivity index (χ3n) is 1.15. The van der Waals surface area contributed by atoms with Gasteiger partial charge in [0.15, 0.2) is 5.50 Å². The van der Waals surface area contributed by atoms with Crippen molar-refractivity contribution < 1.29 is 4.39 Å². The quantitative estimate of drug-likeness (QED) is 0.690. The molecule has 0 bridgehead atoms. The van der Waals surface area contributed by atoms with Crippen molar-refractivity contribution in [2.45, 2.75) is 5.50 Å². The lowest BCUT2D eigenvalue weighted by atomic mass is 10.2. The molecule has 0 saturated carbocycles. The molecule has 54 valence electrons. The van der Waals surface area contributed by atoms with E-state index in [-0.39, 0.29) is 0 Å². The first-order chi connectivity index (χ1) is 4.70. The monoisotopic (exact) mass is 220 g/mol. The maximum Gasteiger partial charge on any atom is 0.168 e. The summed E-state index contributed by atoms with van der Waals surface area (Å²) in [5.41, 5.74) is -0.584. The van der Waals surface area contributed by atoms with Crippen LogP contribution in [0.1, 0.15) is 11.1 Å². The van der Waals surface area contributed by atoms with E-state index in [1.807, 2.05) is 0 Å². The first-order valence-electron chi connectivity index (χ1n) is 2.78. The second kappa shape index (κ2) is 3.39. The maximum absolute atomic E-state index is 12.4. The molecule has 3 heteroatoms. The largest absolute Gasteiger partial charge is 0.231 e. The molecule has 0 aliphatic heterocycles. The highest BCUT2D eigenvalue weighted by molar-refractivity contribution is 9.10. The van der Waals surface area contributed by atoms with Crippen LogP contribution in [0.3, 0.4) is 0 Å². The lowest BCUT2D eigenvalue weighted by Crippen LogP contribution is -1.79. The summed E-state index contributed by atoms with van der Waals surface area (Å²) >= 11 is 6.89. The van der Waals surface area contributed by atoms with E-state index in [1.54, 1.807) is 24.3 Å². The van der Waals surface area contributed by atoms with E-state index in [0.717, 1.165) is 4.47 Å². The molecule has 0 aliphatic rings. The van der Waals surface area contributed by atoms with Crippen molar-refractivity contribution in [3.05, 3.63) is 34.3 Å². The summed E-state index contributed by atoms with van der Waals surface area (Å²) < 4.78 is 13.4. The van der Waals surface area contributed by atoms with Crippen LogP contribution < -0.4 is 0 Å². The van der Waals surface area contributed by atoms with Crippen LogP contribution in [0, 0.1) is 0 Å². The van der Waals surface area contributed by atoms with Crippen molar-refractivity contribution in [2.24, 2.45) is 0 Å². The average Bonchev–Trinajstić information content (AvgIpc) is 1.88. The van der Waals surface area contributed by atoms with Crippen molar-refractivity contribution in [3.8, 4) is 0 Å². The van der Waals surface area contributed by atoms with E-state index in [1.165, 1.54) is 0 Å². The summed E-state index contributed by atoms with van der Waals surface area (Å²) in [5.74, 6) is 0. The van der Waals surface area contributed by atoms with E-state index in [4.69, 9.17) is 0 Å².